The zero-order valence-corrected chi connectivity index (χ0v) is 33.4. The predicted octanol–water partition coefficient (Wildman–Crippen LogP) is 6.85. The molecular weight excluding hydrogens is 702 g/mol. The van der Waals surface area contributed by atoms with Crippen molar-refractivity contribution in [1.82, 2.24) is 10.2 Å². The number of likely N-dealkylation sites (tertiary alicyclic amines) is 1. The number of hydrogen-bond acceptors (Lipinski definition) is 5. The molecule has 3 atom stereocenters. The molecule has 9 nitrogen and oxygen atoms in total. The van der Waals surface area contributed by atoms with Gasteiger partial charge >= 0.3 is 12.0 Å². The Bertz CT molecular complexity index is 1890. The average Bonchev–Trinajstić information content (AvgIpc) is 3.12. The summed E-state index contributed by atoms with van der Waals surface area (Å²) in [6.45, 7) is 11.5. The molecule has 0 radical (unpaired) electrons. The summed E-state index contributed by atoms with van der Waals surface area (Å²) in [5.41, 5.74) is 0.864. The van der Waals surface area contributed by atoms with Crippen LogP contribution in [0.5, 0.6) is 0 Å². The first kappa shape index (κ1) is 39.4. The SMILES string of the molecule is CCNC(=O)Nc1ccc(C(=O)C[C@@H]2[C@@H]([C@@H](C)O[Si](C)(C)C(C)(C)C)C(=O)N2C(C(=O)O)=P(c2ccccc2)(c2ccccc2)c2ccccc2)cc1. The third kappa shape index (κ3) is 7.95. The molecule has 1 heterocycles. The van der Waals surface area contributed by atoms with Gasteiger partial charge in [0.05, 0.1) is 18.1 Å². The molecule has 0 unspecified atom stereocenters. The minimum Gasteiger partial charge on any atom is -0.477 e. The van der Waals surface area contributed by atoms with Crippen LogP contribution in [0.15, 0.2) is 115 Å². The molecule has 3 amide bonds. The van der Waals surface area contributed by atoms with Crippen LogP contribution in [0.4, 0.5) is 10.5 Å². The lowest BCUT2D eigenvalue weighted by molar-refractivity contribution is -0.155. The van der Waals surface area contributed by atoms with Gasteiger partial charge < -0.3 is 25.1 Å². The molecule has 1 fully saturated rings. The lowest BCUT2D eigenvalue weighted by Gasteiger charge is -2.52. The van der Waals surface area contributed by atoms with Gasteiger partial charge in [0.2, 0.25) is 5.91 Å². The molecule has 278 valence electrons. The first-order valence-corrected chi connectivity index (χ1v) is 22.7. The molecule has 1 aliphatic rings. The zero-order chi connectivity index (χ0) is 38.6. The molecule has 4 aromatic rings. The summed E-state index contributed by atoms with van der Waals surface area (Å²) < 4.78 is 6.78. The van der Waals surface area contributed by atoms with Crippen molar-refractivity contribution >= 4 is 65.9 Å². The van der Waals surface area contributed by atoms with E-state index in [1.807, 2.05) is 105 Å². The summed E-state index contributed by atoms with van der Waals surface area (Å²) >= 11 is 0. The van der Waals surface area contributed by atoms with Crippen molar-refractivity contribution in [2.75, 3.05) is 11.9 Å². The van der Waals surface area contributed by atoms with Crippen LogP contribution in [0.1, 0.15) is 51.4 Å². The van der Waals surface area contributed by atoms with Gasteiger partial charge in [0, 0.05) is 31.1 Å². The van der Waals surface area contributed by atoms with Crippen molar-refractivity contribution in [3.63, 3.8) is 0 Å². The summed E-state index contributed by atoms with van der Waals surface area (Å²) in [7, 11) is -2.38. The van der Waals surface area contributed by atoms with Crippen molar-refractivity contribution in [3.8, 4) is 0 Å². The van der Waals surface area contributed by atoms with Crippen LogP contribution in [0.3, 0.4) is 0 Å². The molecule has 0 saturated carbocycles. The van der Waals surface area contributed by atoms with E-state index in [4.69, 9.17) is 4.43 Å². The Morgan fingerprint density at radius 3 is 1.72 bits per heavy atom. The summed E-state index contributed by atoms with van der Waals surface area (Å²) in [6.07, 6.45) is -0.700. The Hall–Kier alpha value is -4.76. The first-order chi connectivity index (χ1) is 25.1. The van der Waals surface area contributed by atoms with E-state index in [2.05, 4.69) is 44.5 Å². The maximum atomic E-state index is 14.8. The van der Waals surface area contributed by atoms with E-state index < -0.39 is 39.2 Å². The smallest absolute Gasteiger partial charge is 0.353 e. The number of rotatable bonds is 13. The monoisotopic (exact) mass is 751 g/mol. The molecule has 1 saturated heterocycles. The molecule has 53 heavy (non-hydrogen) atoms. The number of carbonyl (C=O) groups excluding carboxylic acids is 3. The lowest BCUT2D eigenvalue weighted by Crippen LogP contribution is -2.69. The van der Waals surface area contributed by atoms with Gasteiger partial charge in [-0.3, -0.25) is 9.59 Å². The second-order valence-corrected chi connectivity index (χ2v) is 23.0. The summed E-state index contributed by atoms with van der Waals surface area (Å²) in [5.74, 6) is -2.61. The number of carbonyl (C=O) groups is 4. The van der Waals surface area contributed by atoms with Gasteiger partial charge in [0.25, 0.3) is 0 Å². The standard InChI is InChI=1S/C42H50N3O6PSi/c1-8-43-41(50)44-31-26-24-30(25-27-31)36(46)28-35-37(29(2)51-53(6,7)42(3,4)5)38(47)45(35)39(40(48)49)52(32-18-12-9-13-19-32,33-20-14-10-15-21-33)34-22-16-11-17-23-34/h9-27,29,35,37H,8,28H2,1-7H3,(H,48,49)(H2,43,44,50)/t29-,35-,37-/m1/s1. The molecule has 5 rings (SSSR count). The summed E-state index contributed by atoms with van der Waals surface area (Å²) in [6, 6.07) is 34.0. The van der Waals surface area contributed by atoms with Crippen molar-refractivity contribution < 1.29 is 28.7 Å². The van der Waals surface area contributed by atoms with Crippen LogP contribution < -0.4 is 26.5 Å². The molecule has 0 aromatic heterocycles. The zero-order valence-electron chi connectivity index (χ0n) is 31.5. The van der Waals surface area contributed by atoms with E-state index in [-0.39, 0.29) is 34.6 Å². The van der Waals surface area contributed by atoms with Crippen LogP contribution in [0.2, 0.25) is 18.1 Å². The van der Waals surface area contributed by atoms with Crippen molar-refractivity contribution in [1.29, 1.82) is 0 Å². The van der Waals surface area contributed by atoms with E-state index in [1.165, 1.54) is 4.90 Å². The Labute approximate surface area is 313 Å². The number of hydrogen-bond donors (Lipinski definition) is 3. The number of benzene rings is 4. The number of β-lactam (4-membered cyclic amide) rings is 1. The molecule has 3 N–H and O–H groups in total. The Morgan fingerprint density at radius 2 is 1.30 bits per heavy atom. The van der Waals surface area contributed by atoms with Crippen molar-refractivity contribution in [3.05, 3.63) is 121 Å². The Morgan fingerprint density at radius 1 is 0.830 bits per heavy atom. The number of urea groups is 1. The number of carboxylic acid groups (broad SMARTS) is 1. The van der Waals surface area contributed by atoms with E-state index in [9.17, 15) is 24.3 Å². The van der Waals surface area contributed by atoms with Gasteiger partial charge in [0.15, 0.2) is 14.1 Å². The molecule has 4 aromatic carbocycles. The number of carboxylic acids is 1. The largest absolute Gasteiger partial charge is 0.477 e. The van der Waals surface area contributed by atoms with Gasteiger partial charge in [-0.05, 0) is 72.2 Å². The minimum atomic E-state index is -3.25. The van der Waals surface area contributed by atoms with Crippen LogP contribution in [0, 0.1) is 5.92 Å². The van der Waals surface area contributed by atoms with Gasteiger partial charge in [-0.25, -0.2) is 9.59 Å². The highest BCUT2D eigenvalue weighted by molar-refractivity contribution is 7.96. The van der Waals surface area contributed by atoms with Crippen molar-refractivity contribution in [2.24, 2.45) is 5.92 Å². The van der Waals surface area contributed by atoms with Crippen LogP contribution in [-0.4, -0.2) is 66.1 Å². The molecular formula is C42H50N3O6PSi. The number of amides is 3. The number of Topliss-reactive ketones (excluding diaryl/α,β-unsaturated/α-hetero) is 1. The molecule has 1 aliphatic heterocycles. The van der Waals surface area contributed by atoms with Crippen LogP contribution >= 0.6 is 6.89 Å². The third-order valence-electron chi connectivity index (χ3n) is 10.4. The van der Waals surface area contributed by atoms with Crippen LogP contribution in [0.25, 0.3) is 0 Å². The Kier molecular flexibility index (Phi) is 12.0. The van der Waals surface area contributed by atoms with Crippen LogP contribution in [-0.2, 0) is 14.0 Å². The summed E-state index contributed by atoms with van der Waals surface area (Å²) in [5, 5.41) is 19.0. The third-order valence-corrected chi connectivity index (χ3v) is 19.3. The fraction of sp³-hybridized carbons (Fsp3) is 0.310. The molecule has 0 aliphatic carbocycles. The highest BCUT2D eigenvalue weighted by Gasteiger charge is 2.57. The highest BCUT2D eigenvalue weighted by atomic mass is 31.2. The van der Waals surface area contributed by atoms with Gasteiger partial charge in [-0.2, -0.15) is 0 Å². The van der Waals surface area contributed by atoms with E-state index in [0.29, 0.717) is 17.8 Å². The van der Waals surface area contributed by atoms with Crippen molar-refractivity contribution in [2.45, 2.75) is 71.3 Å². The Balaban J connectivity index is 1.71. The fourth-order valence-corrected chi connectivity index (χ4v) is 12.6. The molecule has 0 bridgehead atoms. The maximum absolute atomic E-state index is 14.8. The number of nitrogens with one attached hydrogen (secondary N) is 2. The first-order valence-electron chi connectivity index (χ1n) is 18.0. The number of ketones is 1. The summed E-state index contributed by atoms with van der Waals surface area (Å²) in [4.78, 5) is 56.5. The van der Waals surface area contributed by atoms with E-state index >= 15 is 0 Å². The van der Waals surface area contributed by atoms with Gasteiger partial charge in [-0.1, -0.05) is 112 Å². The van der Waals surface area contributed by atoms with Gasteiger partial charge in [0.1, 0.15) is 5.42 Å². The lowest BCUT2D eigenvalue weighted by atomic mass is 9.79. The number of aliphatic carboxylic acids is 1. The van der Waals surface area contributed by atoms with E-state index in [0.717, 1.165) is 15.9 Å². The maximum Gasteiger partial charge on any atom is 0.353 e. The molecule has 11 heteroatoms. The second kappa shape index (κ2) is 16.1. The normalized spacial score (nSPS) is 16.7. The predicted molar refractivity (Wildman–Crippen MR) is 218 cm³/mol. The number of nitrogens with zero attached hydrogens (tertiary/aromatic N) is 1. The number of anilines is 1. The second-order valence-electron chi connectivity index (χ2n) is 14.9. The molecule has 0 spiro atoms. The highest BCUT2D eigenvalue weighted by Crippen LogP contribution is 2.50. The average molecular weight is 752 g/mol. The minimum absolute atomic E-state index is 0.0406. The topological polar surface area (TPSA) is 125 Å². The fourth-order valence-electron chi connectivity index (χ4n) is 6.84. The van der Waals surface area contributed by atoms with Gasteiger partial charge in [-0.15, -0.1) is 0 Å². The van der Waals surface area contributed by atoms with E-state index in [1.54, 1.807) is 24.3 Å². The quantitative estimate of drug-likeness (QED) is 0.0595.